The fraction of sp³-hybridized carbons (Fsp3) is 0.600. The Bertz CT molecular complexity index is 395. The second kappa shape index (κ2) is 6.89. The molecule has 1 aliphatic heterocycles. The molecule has 0 saturated carbocycles. The zero-order valence-corrected chi connectivity index (χ0v) is 11.6. The molecule has 0 bridgehead atoms. The third-order valence-corrected chi connectivity index (χ3v) is 3.58. The zero-order valence-electron chi connectivity index (χ0n) is 11.6. The summed E-state index contributed by atoms with van der Waals surface area (Å²) in [5.74, 6) is 0.293. The largest absolute Gasteiger partial charge is 0.508 e. The highest BCUT2D eigenvalue weighted by Crippen LogP contribution is 2.15. The Morgan fingerprint density at radius 1 is 1.53 bits per heavy atom. The maximum Gasteiger partial charge on any atom is 0.115 e. The van der Waals surface area contributed by atoms with Crippen molar-refractivity contribution >= 4 is 0 Å². The van der Waals surface area contributed by atoms with Crippen LogP contribution in [0.1, 0.15) is 18.9 Å². The molecule has 0 spiro atoms. The molecule has 1 aromatic carbocycles. The van der Waals surface area contributed by atoms with Gasteiger partial charge >= 0.3 is 0 Å². The van der Waals surface area contributed by atoms with E-state index >= 15 is 0 Å². The lowest BCUT2D eigenvalue weighted by Gasteiger charge is -2.35. The summed E-state index contributed by atoms with van der Waals surface area (Å²) in [6.07, 6.45) is 1.98. The molecule has 2 atom stereocenters. The van der Waals surface area contributed by atoms with E-state index in [9.17, 15) is 5.11 Å². The van der Waals surface area contributed by atoms with Crippen molar-refractivity contribution < 1.29 is 9.84 Å². The first-order valence-electron chi connectivity index (χ1n) is 7.06. The molecule has 0 amide bonds. The maximum absolute atomic E-state index is 9.47. The number of nitrogens with zero attached hydrogens (tertiary/aromatic N) is 1. The van der Waals surface area contributed by atoms with Crippen molar-refractivity contribution in [2.24, 2.45) is 5.73 Å². The van der Waals surface area contributed by atoms with Gasteiger partial charge in [0, 0.05) is 19.1 Å². The van der Waals surface area contributed by atoms with Crippen molar-refractivity contribution in [3.63, 3.8) is 0 Å². The molecular weight excluding hydrogens is 240 g/mol. The summed E-state index contributed by atoms with van der Waals surface area (Å²) in [7, 11) is 0. The van der Waals surface area contributed by atoms with Crippen LogP contribution >= 0.6 is 0 Å². The fourth-order valence-corrected chi connectivity index (χ4v) is 2.60. The number of hydrogen-bond donors (Lipinski definition) is 2. The average Bonchev–Trinajstić information content (AvgIpc) is 2.39. The molecular formula is C15H24N2O2. The fourth-order valence-electron chi connectivity index (χ4n) is 2.60. The molecule has 1 aromatic rings. The topological polar surface area (TPSA) is 58.7 Å². The Morgan fingerprint density at radius 3 is 3.11 bits per heavy atom. The van der Waals surface area contributed by atoms with Gasteiger partial charge in [0.05, 0.1) is 12.7 Å². The molecule has 1 aliphatic rings. The number of morpholine rings is 1. The summed E-state index contributed by atoms with van der Waals surface area (Å²) >= 11 is 0. The number of hydrogen-bond acceptors (Lipinski definition) is 4. The molecule has 0 radical (unpaired) electrons. The quantitative estimate of drug-likeness (QED) is 0.843. The number of rotatable bonds is 5. The standard InChI is InChI=1S/C15H24N2O2/c1-2-6-17-7-8-19-15(11-17)14(16)10-12-4-3-5-13(18)9-12/h3-5,9,14-15,18H,2,6-8,10-11,16H2,1H3. The molecule has 106 valence electrons. The Hall–Kier alpha value is -1.10. The lowest BCUT2D eigenvalue weighted by Crippen LogP contribution is -2.51. The van der Waals surface area contributed by atoms with Gasteiger partial charge in [0.15, 0.2) is 0 Å². The van der Waals surface area contributed by atoms with Gasteiger partial charge in [-0.1, -0.05) is 19.1 Å². The van der Waals surface area contributed by atoms with Gasteiger partial charge in [0.25, 0.3) is 0 Å². The summed E-state index contributed by atoms with van der Waals surface area (Å²) in [5, 5.41) is 9.47. The van der Waals surface area contributed by atoms with Gasteiger partial charge in [0.1, 0.15) is 5.75 Å². The van der Waals surface area contributed by atoms with E-state index in [2.05, 4.69) is 11.8 Å². The number of aromatic hydroxyl groups is 1. The van der Waals surface area contributed by atoms with Crippen LogP contribution in [0.15, 0.2) is 24.3 Å². The maximum atomic E-state index is 9.47. The molecule has 19 heavy (non-hydrogen) atoms. The van der Waals surface area contributed by atoms with Gasteiger partial charge in [-0.15, -0.1) is 0 Å². The Balaban J connectivity index is 1.90. The predicted molar refractivity (Wildman–Crippen MR) is 76.3 cm³/mol. The van der Waals surface area contributed by atoms with Gasteiger partial charge < -0.3 is 15.6 Å². The number of phenolic OH excluding ortho intramolecular Hbond substituents is 1. The summed E-state index contributed by atoms with van der Waals surface area (Å²) < 4.78 is 5.79. The van der Waals surface area contributed by atoms with Crippen LogP contribution in [0, 0.1) is 0 Å². The number of benzene rings is 1. The first kappa shape index (κ1) is 14.3. The second-order valence-corrected chi connectivity index (χ2v) is 5.25. The van der Waals surface area contributed by atoms with Gasteiger partial charge in [-0.25, -0.2) is 0 Å². The summed E-state index contributed by atoms with van der Waals surface area (Å²) in [5.41, 5.74) is 7.31. The van der Waals surface area contributed by atoms with Gasteiger partial charge in [-0.05, 0) is 37.1 Å². The smallest absolute Gasteiger partial charge is 0.115 e. The van der Waals surface area contributed by atoms with E-state index in [1.54, 1.807) is 12.1 Å². The predicted octanol–water partition coefficient (Wildman–Crippen LogP) is 1.37. The number of nitrogens with two attached hydrogens (primary N) is 1. The van der Waals surface area contributed by atoms with Crippen molar-refractivity contribution in [1.82, 2.24) is 4.90 Å². The first-order valence-corrected chi connectivity index (χ1v) is 7.06. The molecule has 1 heterocycles. The van der Waals surface area contributed by atoms with E-state index < -0.39 is 0 Å². The van der Waals surface area contributed by atoms with Crippen molar-refractivity contribution in [1.29, 1.82) is 0 Å². The zero-order chi connectivity index (χ0) is 13.7. The Labute approximate surface area is 115 Å². The van der Waals surface area contributed by atoms with Gasteiger partial charge in [-0.3, -0.25) is 4.90 Å². The van der Waals surface area contributed by atoms with Crippen LogP contribution in [0.3, 0.4) is 0 Å². The number of phenols is 1. The SMILES string of the molecule is CCCN1CCOC(C(N)Cc2cccc(O)c2)C1. The molecule has 2 unspecified atom stereocenters. The molecule has 0 aliphatic carbocycles. The summed E-state index contributed by atoms with van der Waals surface area (Å²) in [4.78, 5) is 2.41. The lowest BCUT2D eigenvalue weighted by atomic mass is 10.0. The Kier molecular flexibility index (Phi) is 5.19. The minimum Gasteiger partial charge on any atom is -0.508 e. The van der Waals surface area contributed by atoms with Crippen LogP contribution in [0.4, 0.5) is 0 Å². The molecule has 4 nitrogen and oxygen atoms in total. The average molecular weight is 264 g/mol. The highest BCUT2D eigenvalue weighted by molar-refractivity contribution is 5.27. The van der Waals surface area contributed by atoms with E-state index in [1.807, 2.05) is 12.1 Å². The van der Waals surface area contributed by atoms with Crippen molar-refractivity contribution in [3.8, 4) is 5.75 Å². The third-order valence-electron chi connectivity index (χ3n) is 3.58. The monoisotopic (exact) mass is 264 g/mol. The van der Waals surface area contributed by atoms with Gasteiger partial charge in [-0.2, -0.15) is 0 Å². The van der Waals surface area contributed by atoms with Crippen LogP contribution in [0.2, 0.25) is 0 Å². The highest BCUT2D eigenvalue weighted by atomic mass is 16.5. The van der Waals surface area contributed by atoms with E-state index in [1.165, 1.54) is 0 Å². The molecule has 1 saturated heterocycles. The van der Waals surface area contributed by atoms with E-state index in [4.69, 9.17) is 10.5 Å². The van der Waals surface area contributed by atoms with E-state index in [-0.39, 0.29) is 12.1 Å². The van der Waals surface area contributed by atoms with Crippen LogP contribution in [-0.2, 0) is 11.2 Å². The molecule has 1 fully saturated rings. The van der Waals surface area contributed by atoms with Crippen molar-refractivity contribution in [3.05, 3.63) is 29.8 Å². The van der Waals surface area contributed by atoms with Crippen LogP contribution in [-0.4, -0.2) is 48.4 Å². The molecule has 4 heteroatoms. The van der Waals surface area contributed by atoms with Gasteiger partial charge in [0.2, 0.25) is 0 Å². The first-order chi connectivity index (χ1) is 9.19. The van der Waals surface area contributed by atoms with Crippen molar-refractivity contribution in [2.45, 2.75) is 31.9 Å². The van der Waals surface area contributed by atoms with Crippen molar-refractivity contribution in [2.75, 3.05) is 26.2 Å². The third kappa shape index (κ3) is 4.20. The molecule has 2 rings (SSSR count). The number of ether oxygens (including phenoxy) is 1. The summed E-state index contributed by atoms with van der Waals surface area (Å²) in [6, 6.07) is 7.26. The minimum atomic E-state index is -0.0264. The highest BCUT2D eigenvalue weighted by Gasteiger charge is 2.25. The summed E-state index contributed by atoms with van der Waals surface area (Å²) in [6.45, 7) is 5.98. The molecule has 0 aromatic heterocycles. The minimum absolute atomic E-state index is 0.0264. The lowest BCUT2D eigenvalue weighted by molar-refractivity contribution is -0.0400. The van der Waals surface area contributed by atoms with E-state index in [0.717, 1.165) is 44.6 Å². The molecule has 3 N–H and O–H groups in total. The second-order valence-electron chi connectivity index (χ2n) is 5.25. The van der Waals surface area contributed by atoms with Crippen LogP contribution in [0.25, 0.3) is 0 Å². The normalized spacial score (nSPS) is 22.3. The van der Waals surface area contributed by atoms with Crippen LogP contribution in [0.5, 0.6) is 5.75 Å². The van der Waals surface area contributed by atoms with Crippen LogP contribution < -0.4 is 5.73 Å². The van der Waals surface area contributed by atoms with E-state index in [0.29, 0.717) is 5.75 Å². The Morgan fingerprint density at radius 2 is 2.37 bits per heavy atom.